The summed E-state index contributed by atoms with van der Waals surface area (Å²) in [4.78, 5) is 0. The predicted molar refractivity (Wildman–Crippen MR) is 70.7 cm³/mol. The van der Waals surface area contributed by atoms with E-state index in [-0.39, 0.29) is 5.82 Å². The van der Waals surface area contributed by atoms with Gasteiger partial charge in [-0.3, -0.25) is 4.68 Å². The number of halogens is 2. The largest absolute Gasteiger partial charge is 0.388 e. The molecule has 0 saturated heterocycles. The van der Waals surface area contributed by atoms with E-state index < -0.39 is 6.10 Å². The van der Waals surface area contributed by atoms with Crippen LogP contribution in [0.5, 0.6) is 0 Å². The normalized spacial score (nSPS) is 12.7. The Kier molecular flexibility index (Phi) is 3.82. The van der Waals surface area contributed by atoms with Gasteiger partial charge >= 0.3 is 0 Å². The van der Waals surface area contributed by atoms with Crippen LogP contribution >= 0.6 is 15.9 Å². The molecular formula is C13H14BrFN2O. The van der Waals surface area contributed by atoms with Crippen LogP contribution in [0.25, 0.3) is 0 Å². The fraction of sp³-hybridized carbons (Fsp3) is 0.308. The van der Waals surface area contributed by atoms with Crippen molar-refractivity contribution in [3.05, 3.63) is 51.5 Å². The molecule has 0 fully saturated rings. The quantitative estimate of drug-likeness (QED) is 0.946. The van der Waals surface area contributed by atoms with Crippen LogP contribution in [0, 0.1) is 12.7 Å². The number of benzene rings is 1. The average Bonchev–Trinajstić information content (AvgIpc) is 2.56. The second-order valence-corrected chi connectivity index (χ2v) is 5.26. The van der Waals surface area contributed by atoms with Crippen LogP contribution in [0.2, 0.25) is 0 Å². The molecule has 1 heterocycles. The molecule has 0 bridgehead atoms. The van der Waals surface area contributed by atoms with Gasteiger partial charge in [0.1, 0.15) is 5.82 Å². The zero-order valence-corrected chi connectivity index (χ0v) is 11.8. The number of aryl methyl sites for hydroxylation is 2. The summed E-state index contributed by atoms with van der Waals surface area (Å²) in [5, 5.41) is 14.3. The Hall–Kier alpha value is -1.20. The Morgan fingerprint density at radius 3 is 2.72 bits per heavy atom. The monoisotopic (exact) mass is 312 g/mol. The zero-order chi connectivity index (χ0) is 13.3. The first-order valence-corrected chi connectivity index (χ1v) is 6.38. The van der Waals surface area contributed by atoms with E-state index >= 15 is 0 Å². The third-order valence-corrected chi connectivity index (χ3v) is 3.22. The summed E-state index contributed by atoms with van der Waals surface area (Å²) in [6.07, 6.45) is 1.48. The first-order chi connectivity index (χ1) is 8.45. The first kappa shape index (κ1) is 13.2. The lowest BCUT2D eigenvalue weighted by Gasteiger charge is -2.10. The minimum Gasteiger partial charge on any atom is -0.388 e. The van der Waals surface area contributed by atoms with Gasteiger partial charge in [-0.25, -0.2) is 4.39 Å². The van der Waals surface area contributed by atoms with Crippen molar-refractivity contribution >= 4 is 15.9 Å². The summed E-state index contributed by atoms with van der Waals surface area (Å²) < 4.78 is 15.6. The molecule has 2 rings (SSSR count). The summed E-state index contributed by atoms with van der Waals surface area (Å²) in [7, 11) is 1.81. The summed E-state index contributed by atoms with van der Waals surface area (Å²) in [5.41, 5.74) is 2.32. The molecule has 2 aromatic rings. The van der Waals surface area contributed by atoms with Gasteiger partial charge in [-0.2, -0.15) is 5.10 Å². The van der Waals surface area contributed by atoms with Crippen molar-refractivity contribution in [1.29, 1.82) is 0 Å². The number of rotatable bonds is 3. The molecule has 0 aliphatic rings. The molecule has 0 aliphatic heterocycles. The van der Waals surface area contributed by atoms with Gasteiger partial charge in [0.15, 0.2) is 0 Å². The highest BCUT2D eigenvalue weighted by molar-refractivity contribution is 9.10. The third-order valence-electron chi connectivity index (χ3n) is 2.76. The topological polar surface area (TPSA) is 38.0 Å². The van der Waals surface area contributed by atoms with Crippen molar-refractivity contribution in [2.24, 2.45) is 7.05 Å². The zero-order valence-electron chi connectivity index (χ0n) is 10.2. The Labute approximate surface area is 113 Å². The van der Waals surface area contributed by atoms with Crippen molar-refractivity contribution in [2.45, 2.75) is 19.4 Å². The van der Waals surface area contributed by atoms with E-state index in [9.17, 15) is 9.50 Å². The van der Waals surface area contributed by atoms with E-state index in [0.29, 0.717) is 10.9 Å². The van der Waals surface area contributed by atoms with Crippen LogP contribution in [0.3, 0.4) is 0 Å². The predicted octanol–water partition coefficient (Wildman–Crippen LogP) is 2.91. The van der Waals surface area contributed by atoms with Gasteiger partial charge in [-0.15, -0.1) is 0 Å². The number of aromatic nitrogens is 2. The number of hydrogen-bond acceptors (Lipinski definition) is 2. The molecule has 1 aromatic carbocycles. The molecule has 1 atom stereocenters. The van der Waals surface area contributed by atoms with E-state index in [1.807, 2.05) is 14.0 Å². The minimum absolute atomic E-state index is 0.311. The van der Waals surface area contributed by atoms with Crippen LogP contribution < -0.4 is 0 Å². The van der Waals surface area contributed by atoms with Gasteiger partial charge < -0.3 is 5.11 Å². The second kappa shape index (κ2) is 5.20. The lowest BCUT2D eigenvalue weighted by molar-refractivity contribution is 0.177. The van der Waals surface area contributed by atoms with Crippen LogP contribution in [-0.4, -0.2) is 14.9 Å². The van der Waals surface area contributed by atoms with Gasteiger partial charge in [0.2, 0.25) is 0 Å². The van der Waals surface area contributed by atoms with E-state index in [1.54, 1.807) is 16.9 Å². The molecule has 1 N–H and O–H groups in total. The fourth-order valence-electron chi connectivity index (χ4n) is 2.01. The van der Waals surface area contributed by atoms with Crippen molar-refractivity contribution < 1.29 is 9.50 Å². The van der Waals surface area contributed by atoms with Gasteiger partial charge in [-0.05, 0) is 30.7 Å². The Morgan fingerprint density at radius 2 is 2.17 bits per heavy atom. The third kappa shape index (κ3) is 2.97. The molecule has 0 saturated carbocycles. The lowest BCUT2D eigenvalue weighted by Crippen LogP contribution is -2.02. The molecule has 18 heavy (non-hydrogen) atoms. The SMILES string of the molecule is Cc1nn(C)cc1C(O)Cc1cc(F)cc(Br)c1. The first-order valence-electron chi connectivity index (χ1n) is 5.59. The molecule has 0 amide bonds. The Morgan fingerprint density at radius 1 is 1.44 bits per heavy atom. The molecule has 3 nitrogen and oxygen atoms in total. The van der Waals surface area contributed by atoms with Crippen molar-refractivity contribution in [1.82, 2.24) is 9.78 Å². The molecule has 5 heteroatoms. The maximum Gasteiger partial charge on any atom is 0.124 e. The lowest BCUT2D eigenvalue weighted by atomic mass is 10.0. The minimum atomic E-state index is -0.674. The van der Waals surface area contributed by atoms with Crippen LogP contribution in [0.4, 0.5) is 4.39 Å². The van der Waals surface area contributed by atoms with Crippen LogP contribution in [-0.2, 0) is 13.5 Å². The highest BCUT2D eigenvalue weighted by Crippen LogP contribution is 2.23. The van der Waals surface area contributed by atoms with E-state index in [0.717, 1.165) is 16.8 Å². The van der Waals surface area contributed by atoms with Crippen LogP contribution in [0.1, 0.15) is 22.9 Å². The second-order valence-electron chi connectivity index (χ2n) is 4.34. The number of hydrogen-bond donors (Lipinski definition) is 1. The molecule has 1 aromatic heterocycles. The van der Waals surface area contributed by atoms with Crippen molar-refractivity contribution in [2.75, 3.05) is 0 Å². The molecule has 0 spiro atoms. The molecule has 1 unspecified atom stereocenters. The molecule has 0 radical (unpaired) electrons. The van der Waals surface area contributed by atoms with Crippen molar-refractivity contribution in [3.63, 3.8) is 0 Å². The smallest absolute Gasteiger partial charge is 0.124 e. The Balaban J connectivity index is 2.20. The average molecular weight is 313 g/mol. The highest BCUT2D eigenvalue weighted by Gasteiger charge is 2.14. The van der Waals surface area contributed by atoms with Crippen LogP contribution in [0.15, 0.2) is 28.9 Å². The summed E-state index contributed by atoms with van der Waals surface area (Å²) >= 11 is 3.24. The number of aliphatic hydroxyl groups is 1. The van der Waals surface area contributed by atoms with E-state index in [4.69, 9.17) is 0 Å². The van der Waals surface area contributed by atoms with Gasteiger partial charge in [0.25, 0.3) is 0 Å². The number of aliphatic hydroxyl groups excluding tert-OH is 1. The summed E-state index contributed by atoms with van der Waals surface area (Å²) in [6.45, 7) is 1.85. The maximum absolute atomic E-state index is 13.2. The van der Waals surface area contributed by atoms with E-state index in [2.05, 4.69) is 21.0 Å². The number of nitrogens with zero attached hydrogens (tertiary/aromatic N) is 2. The molecule has 96 valence electrons. The van der Waals surface area contributed by atoms with E-state index in [1.165, 1.54) is 12.1 Å². The Bertz CT molecular complexity index is 548. The van der Waals surface area contributed by atoms with Gasteiger partial charge in [-0.1, -0.05) is 15.9 Å². The standard InChI is InChI=1S/C13H14BrFN2O/c1-8-12(7-17(2)16-8)13(18)5-9-3-10(14)6-11(15)4-9/h3-4,6-7,13,18H,5H2,1-2H3. The highest BCUT2D eigenvalue weighted by atomic mass is 79.9. The summed E-state index contributed by atoms with van der Waals surface area (Å²) in [5.74, 6) is -0.311. The maximum atomic E-state index is 13.2. The fourth-order valence-corrected chi connectivity index (χ4v) is 2.52. The molecule has 0 aliphatic carbocycles. The molecular weight excluding hydrogens is 299 g/mol. The summed E-state index contributed by atoms with van der Waals surface area (Å²) in [6, 6.07) is 4.63. The van der Waals surface area contributed by atoms with Crippen molar-refractivity contribution in [3.8, 4) is 0 Å². The van der Waals surface area contributed by atoms with Gasteiger partial charge in [0, 0.05) is 29.7 Å². The van der Waals surface area contributed by atoms with Gasteiger partial charge in [0.05, 0.1) is 11.8 Å².